The number of aromatic hydroxyl groups is 1. The highest BCUT2D eigenvalue weighted by Crippen LogP contribution is 2.43. The van der Waals surface area contributed by atoms with E-state index in [0.717, 1.165) is 35.1 Å². The van der Waals surface area contributed by atoms with E-state index >= 15 is 0 Å². The number of benzene rings is 1. The van der Waals surface area contributed by atoms with Crippen LogP contribution in [0.2, 0.25) is 0 Å². The lowest BCUT2D eigenvalue weighted by Gasteiger charge is -2.16. The number of phenolic OH excluding ortho intramolecular Hbond substituents is 1. The lowest BCUT2D eigenvalue weighted by molar-refractivity contribution is 0.467. The van der Waals surface area contributed by atoms with Gasteiger partial charge in [0.15, 0.2) is 5.75 Å². The number of nitriles is 1. The minimum atomic E-state index is 0.216. The predicted octanol–water partition coefficient (Wildman–Crippen LogP) is 3.94. The smallest absolute Gasteiger partial charge is 0.292 e. The van der Waals surface area contributed by atoms with Gasteiger partial charge in [0.2, 0.25) is 0 Å². The zero-order chi connectivity index (χ0) is 13.9. The summed E-state index contributed by atoms with van der Waals surface area (Å²) in [6, 6.07) is 3.22. The minimum absolute atomic E-state index is 0.216. The third-order valence-corrected chi connectivity index (χ3v) is 3.49. The van der Waals surface area contributed by atoms with E-state index in [1.807, 2.05) is 36.5 Å². The van der Waals surface area contributed by atoms with E-state index in [-0.39, 0.29) is 5.75 Å². The Labute approximate surface area is 117 Å². The Kier molecular flexibility index (Phi) is 3.14. The molecule has 1 aromatic carbocycles. The summed E-state index contributed by atoms with van der Waals surface area (Å²) in [6.07, 6.45) is 15.3. The normalized spacial score (nSPS) is 15.9. The Balaban J connectivity index is 2.20. The molecule has 3 nitrogen and oxygen atoms in total. The van der Waals surface area contributed by atoms with Gasteiger partial charge in [-0.05, 0) is 36.1 Å². The van der Waals surface area contributed by atoms with Gasteiger partial charge in [0.05, 0.1) is 0 Å². The van der Waals surface area contributed by atoms with Crippen LogP contribution in [0.4, 0.5) is 0 Å². The second kappa shape index (κ2) is 5.10. The molecule has 98 valence electrons. The molecular formula is C17H13NO2. The van der Waals surface area contributed by atoms with Crippen molar-refractivity contribution in [3.63, 3.8) is 0 Å². The standard InChI is InChI=1S/C17H13NO2/c18-11-20-15-10-9-14(19)16(12-5-1-2-6-12)17(15)13-7-3-4-8-13/h1-5,7,9-10,19H,6,8H2. The van der Waals surface area contributed by atoms with Crippen molar-refractivity contribution < 1.29 is 9.84 Å². The fraction of sp³-hybridized carbons (Fsp3) is 0.118. The zero-order valence-corrected chi connectivity index (χ0v) is 10.8. The summed E-state index contributed by atoms with van der Waals surface area (Å²) >= 11 is 0. The van der Waals surface area contributed by atoms with Gasteiger partial charge in [-0.15, -0.1) is 5.26 Å². The van der Waals surface area contributed by atoms with Gasteiger partial charge in [0, 0.05) is 11.1 Å². The van der Waals surface area contributed by atoms with Crippen LogP contribution in [0.1, 0.15) is 24.0 Å². The highest BCUT2D eigenvalue weighted by molar-refractivity contribution is 5.89. The fourth-order valence-corrected chi connectivity index (χ4v) is 2.62. The molecule has 0 aliphatic heterocycles. The Hall–Kier alpha value is -2.73. The van der Waals surface area contributed by atoms with Crippen molar-refractivity contribution in [2.45, 2.75) is 12.8 Å². The van der Waals surface area contributed by atoms with E-state index in [4.69, 9.17) is 10.00 Å². The second-order valence-corrected chi connectivity index (χ2v) is 4.67. The lowest BCUT2D eigenvalue weighted by atomic mass is 9.91. The summed E-state index contributed by atoms with van der Waals surface area (Å²) in [5, 5.41) is 19.1. The first-order chi connectivity index (χ1) is 9.81. The number of hydrogen-bond donors (Lipinski definition) is 1. The van der Waals surface area contributed by atoms with Crippen LogP contribution in [0, 0.1) is 11.5 Å². The van der Waals surface area contributed by atoms with Gasteiger partial charge < -0.3 is 9.84 Å². The molecule has 0 bridgehead atoms. The molecule has 0 heterocycles. The highest BCUT2D eigenvalue weighted by Gasteiger charge is 2.21. The molecule has 0 saturated heterocycles. The maximum atomic E-state index is 10.3. The van der Waals surface area contributed by atoms with Crippen LogP contribution in [-0.2, 0) is 0 Å². The molecule has 0 fully saturated rings. The largest absolute Gasteiger partial charge is 0.507 e. The van der Waals surface area contributed by atoms with E-state index in [9.17, 15) is 5.11 Å². The molecule has 1 aromatic rings. The summed E-state index contributed by atoms with van der Waals surface area (Å²) in [4.78, 5) is 0. The lowest BCUT2D eigenvalue weighted by Crippen LogP contribution is -1.97. The summed E-state index contributed by atoms with van der Waals surface area (Å²) in [5.41, 5.74) is 3.66. The Morgan fingerprint density at radius 3 is 2.20 bits per heavy atom. The van der Waals surface area contributed by atoms with Crippen LogP contribution in [0.25, 0.3) is 11.1 Å². The van der Waals surface area contributed by atoms with E-state index in [0.29, 0.717) is 5.75 Å². The van der Waals surface area contributed by atoms with Crippen LogP contribution in [0.3, 0.4) is 0 Å². The van der Waals surface area contributed by atoms with E-state index in [1.165, 1.54) is 0 Å². The molecule has 3 rings (SSSR count). The minimum Gasteiger partial charge on any atom is -0.507 e. The van der Waals surface area contributed by atoms with Crippen LogP contribution in [-0.4, -0.2) is 5.11 Å². The first-order valence-corrected chi connectivity index (χ1v) is 6.45. The molecule has 0 saturated carbocycles. The van der Waals surface area contributed by atoms with Crippen LogP contribution in [0.15, 0.2) is 48.6 Å². The molecule has 1 N–H and O–H groups in total. The van der Waals surface area contributed by atoms with Crippen molar-refractivity contribution in [2.75, 3.05) is 0 Å². The van der Waals surface area contributed by atoms with E-state index in [2.05, 4.69) is 0 Å². The molecule has 0 radical (unpaired) electrons. The first kappa shape index (κ1) is 12.3. The molecule has 2 aliphatic carbocycles. The van der Waals surface area contributed by atoms with Gasteiger partial charge in [0.25, 0.3) is 6.26 Å². The first-order valence-electron chi connectivity index (χ1n) is 6.45. The third kappa shape index (κ3) is 2.02. The average Bonchev–Trinajstić information content (AvgIpc) is 3.13. The third-order valence-electron chi connectivity index (χ3n) is 3.49. The maximum absolute atomic E-state index is 10.3. The molecule has 0 spiro atoms. The van der Waals surface area contributed by atoms with Gasteiger partial charge in [0.1, 0.15) is 5.75 Å². The predicted molar refractivity (Wildman–Crippen MR) is 77.8 cm³/mol. The number of allylic oxidation sites excluding steroid dienone is 8. The Morgan fingerprint density at radius 1 is 1.00 bits per heavy atom. The molecule has 3 heteroatoms. The van der Waals surface area contributed by atoms with Gasteiger partial charge in [-0.25, -0.2) is 0 Å². The summed E-state index contributed by atoms with van der Waals surface area (Å²) in [7, 11) is 0. The van der Waals surface area contributed by atoms with Gasteiger partial charge in [-0.3, -0.25) is 0 Å². The monoisotopic (exact) mass is 263 g/mol. The van der Waals surface area contributed by atoms with Crippen molar-refractivity contribution in [3.05, 3.63) is 59.7 Å². The number of hydrogen-bond acceptors (Lipinski definition) is 3. The molecule has 0 atom stereocenters. The SMILES string of the molecule is N#COc1ccc(O)c(C2=CC=CC2)c1C1=CC=CC1. The molecule has 20 heavy (non-hydrogen) atoms. The molecule has 0 unspecified atom stereocenters. The van der Waals surface area contributed by atoms with Crippen molar-refractivity contribution >= 4 is 11.1 Å². The zero-order valence-electron chi connectivity index (χ0n) is 10.8. The van der Waals surface area contributed by atoms with Gasteiger partial charge in [-0.2, -0.15) is 0 Å². The van der Waals surface area contributed by atoms with Crippen LogP contribution >= 0.6 is 0 Å². The van der Waals surface area contributed by atoms with Crippen molar-refractivity contribution in [3.8, 4) is 17.8 Å². The maximum Gasteiger partial charge on any atom is 0.292 e. The molecule has 2 aliphatic rings. The molecular weight excluding hydrogens is 250 g/mol. The van der Waals surface area contributed by atoms with Crippen molar-refractivity contribution in [2.24, 2.45) is 0 Å². The number of ether oxygens (including phenoxy) is 1. The average molecular weight is 263 g/mol. The van der Waals surface area contributed by atoms with Crippen LogP contribution < -0.4 is 4.74 Å². The van der Waals surface area contributed by atoms with E-state index < -0.39 is 0 Å². The summed E-state index contributed by atoms with van der Waals surface area (Å²) in [6.45, 7) is 0. The van der Waals surface area contributed by atoms with Crippen molar-refractivity contribution in [1.82, 2.24) is 0 Å². The van der Waals surface area contributed by atoms with E-state index in [1.54, 1.807) is 18.4 Å². The Bertz CT molecular complexity index is 715. The van der Waals surface area contributed by atoms with Crippen LogP contribution in [0.5, 0.6) is 11.5 Å². The fourth-order valence-electron chi connectivity index (χ4n) is 2.62. The Morgan fingerprint density at radius 2 is 1.65 bits per heavy atom. The molecule has 0 amide bonds. The van der Waals surface area contributed by atoms with Crippen molar-refractivity contribution in [1.29, 1.82) is 5.26 Å². The molecule has 0 aromatic heterocycles. The summed E-state index contributed by atoms with van der Waals surface area (Å²) in [5.74, 6) is 0.705. The summed E-state index contributed by atoms with van der Waals surface area (Å²) < 4.78 is 5.08. The van der Waals surface area contributed by atoms with Gasteiger partial charge >= 0.3 is 0 Å². The second-order valence-electron chi connectivity index (χ2n) is 4.67. The quantitative estimate of drug-likeness (QED) is 0.840. The number of phenols is 1. The topological polar surface area (TPSA) is 53.2 Å². The number of nitrogens with zero attached hydrogens (tertiary/aromatic N) is 1. The highest BCUT2D eigenvalue weighted by atomic mass is 16.5. The van der Waals surface area contributed by atoms with Gasteiger partial charge in [-0.1, -0.05) is 36.5 Å². The number of rotatable bonds is 3.